The van der Waals surface area contributed by atoms with Gasteiger partial charge in [-0.1, -0.05) is 36.4 Å². The van der Waals surface area contributed by atoms with E-state index in [-0.39, 0.29) is 5.78 Å². The number of carbonyl (C=O) groups is 1. The highest BCUT2D eigenvalue weighted by atomic mass is 16.5. The maximum absolute atomic E-state index is 13.0. The molecule has 1 fully saturated rings. The second-order valence-corrected chi connectivity index (χ2v) is 8.71. The maximum Gasteiger partial charge on any atom is 0.185 e. The Morgan fingerprint density at radius 2 is 1.61 bits per heavy atom. The van der Waals surface area contributed by atoms with Gasteiger partial charge in [0.2, 0.25) is 0 Å². The molecule has 6 heteroatoms. The lowest BCUT2D eigenvalue weighted by Crippen LogP contribution is -2.36. The Morgan fingerprint density at radius 3 is 2.39 bits per heavy atom. The first-order valence-electron chi connectivity index (χ1n) is 12.0. The summed E-state index contributed by atoms with van der Waals surface area (Å²) in [5, 5.41) is 5.81. The van der Waals surface area contributed by atoms with Crippen molar-refractivity contribution in [1.82, 2.24) is 9.78 Å². The molecule has 1 saturated heterocycles. The molecule has 5 aromatic rings. The van der Waals surface area contributed by atoms with Gasteiger partial charge in [-0.15, -0.1) is 0 Å². The summed E-state index contributed by atoms with van der Waals surface area (Å²) in [6, 6.07) is 27.5. The number of hydrogen-bond donors (Lipinski definition) is 0. The van der Waals surface area contributed by atoms with Crippen LogP contribution in [0.2, 0.25) is 0 Å². The molecule has 0 unspecified atom stereocenters. The molecule has 6 nitrogen and oxygen atoms in total. The van der Waals surface area contributed by atoms with Crippen LogP contribution in [-0.2, 0) is 4.74 Å². The van der Waals surface area contributed by atoms with Crippen molar-refractivity contribution in [3.05, 3.63) is 108 Å². The highest BCUT2D eigenvalue weighted by Crippen LogP contribution is 2.30. The molecule has 0 radical (unpaired) electrons. The van der Waals surface area contributed by atoms with E-state index < -0.39 is 0 Å². The molecule has 3 heterocycles. The Bertz CT molecular complexity index is 1490. The number of benzene rings is 3. The molecule has 6 rings (SSSR count). The number of furan rings is 1. The molecular weight excluding hydrogens is 450 g/mol. The van der Waals surface area contributed by atoms with Gasteiger partial charge in [0.1, 0.15) is 11.3 Å². The number of anilines is 1. The minimum Gasteiger partial charge on any atom is -0.454 e. The number of allylic oxidation sites excluding steroid dienone is 1. The van der Waals surface area contributed by atoms with Crippen molar-refractivity contribution in [1.29, 1.82) is 0 Å². The highest BCUT2D eigenvalue weighted by Gasteiger charge is 2.16. The third-order valence-electron chi connectivity index (χ3n) is 6.36. The SMILES string of the molecule is O=C(/C=C/c1cn(-c2ccccc2)nc1-c1cc2ccccc2o1)c1ccc(N2CCOCC2)cc1. The summed E-state index contributed by atoms with van der Waals surface area (Å²) in [4.78, 5) is 15.3. The van der Waals surface area contributed by atoms with E-state index >= 15 is 0 Å². The number of ether oxygens (including phenoxy) is 1. The third-order valence-corrected chi connectivity index (χ3v) is 6.36. The molecule has 1 aliphatic rings. The Labute approximate surface area is 209 Å². The van der Waals surface area contributed by atoms with Crippen molar-refractivity contribution in [2.24, 2.45) is 0 Å². The van der Waals surface area contributed by atoms with E-state index in [1.807, 2.05) is 102 Å². The van der Waals surface area contributed by atoms with Crippen LogP contribution < -0.4 is 4.90 Å². The zero-order valence-corrected chi connectivity index (χ0v) is 19.7. The van der Waals surface area contributed by atoms with E-state index in [0.29, 0.717) is 17.0 Å². The predicted molar refractivity (Wildman–Crippen MR) is 142 cm³/mol. The van der Waals surface area contributed by atoms with Crippen molar-refractivity contribution in [3.8, 4) is 17.1 Å². The number of morpholine rings is 1. The number of hydrogen-bond acceptors (Lipinski definition) is 5. The highest BCUT2D eigenvalue weighted by molar-refractivity contribution is 6.07. The Kier molecular flexibility index (Phi) is 5.93. The molecule has 0 saturated carbocycles. The van der Waals surface area contributed by atoms with Crippen molar-refractivity contribution in [2.75, 3.05) is 31.2 Å². The smallest absolute Gasteiger partial charge is 0.185 e. The normalized spacial score (nSPS) is 14.1. The summed E-state index contributed by atoms with van der Waals surface area (Å²) in [7, 11) is 0. The van der Waals surface area contributed by atoms with E-state index in [2.05, 4.69) is 4.90 Å². The van der Waals surface area contributed by atoms with Gasteiger partial charge < -0.3 is 14.1 Å². The second kappa shape index (κ2) is 9.68. The molecule has 3 aromatic carbocycles. The van der Waals surface area contributed by atoms with Crippen LogP contribution in [0.15, 0.2) is 102 Å². The van der Waals surface area contributed by atoms with Crippen LogP contribution >= 0.6 is 0 Å². The molecule has 0 spiro atoms. The molecule has 0 N–H and O–H groups in total. The van der Waals surface area contributed by atoms with Gasteiger partial charge in [-0.3, -0.25) is 4.79 Å². The minimum atomic E-state index is -0.0634. The zero-order chi connectivity index (χ0) is 24.3. The van der Waals surface area contributed by atoms with Crippen LogP contribution in [0.3, 0.4) is 0 Å². The first kappa shape index (κ1) is 22.1. The number of aromatic nitrogens is 2. The Hall–Kier alpha value is -4.42. The molecule has 178 valence electrons. The zero-order valence-electron chi connectivity index (χ0n) is 19.7. The number of para-hydroxylation sites is 2. The summed E-state index contributed by atoms with van der Waals surface area (Å²) in [5.74, 6) is 0.597. The van der Waals surface area contributed by atoms with Gasteiger partial charge in [-0.05, 0) is 60.7 Å². The number of rotatable bonds is 6. The van der Waals surface area contributed by atoms with E-state index in [1.165, 1.54) is 0 Å². The predicted octanol–water partition coefficient (Wildman–Crippen LogP) is 6.02. The quantitative estimate of drug-likeness (QED) is 0.222. The number of carbonyl (C=O) groups excluding carboxylic acids is 1. The Morgan fingerprint density at radius 1 is 0.861 bits per heavy atom. The summed E-state index contributed by atoms with van der Waals surface area (Å²) in [6.07, 6.45) is 5.33. The van der Waals surface area contributed by atoms with Gasteiger partial charge in [-0.25, -0.2) is 4.68 Å². The van der Waals surface area contributed by atoms with Gasteiger partial charge in [0.05, 0.1) is 18.9 Å². The van der Waals surface area contributed by atoms with Crippen LogP contribution in [0.5, 0.6) is 0 Å². The minimum absolute atomic E-state index is 0.0634. The first-order valence-corrected chi connectivity index (χ1v) is 12.0. The van der Waals surface area contributed by atoms with Gasteiger partial charge in [0.25, 0.3) is 0 Å². The molecule has 0 atom stereocenters. The summed E-state index contributed by atoms with van der Waals surface area (Å²) < 4.78 is 13.3. The molecule has 0 aliphatic carbocycles. The molecule has 1 aliphatic heterocycles. The van der Waals surface area contributed by atoms with Crippen LogP contribution in [0.4, 0.5) is 5.69 Å². The Balaban J connectivity index is 1.30. The first-order chi connectivity index (χ1) is 17.7. The van der Waals surface area contributed by atoms with Crippen molar-refractivity contribution in [3.63, 3.8) is 0 Å². The largest absolute Gasteiger partial charge is 0.454 e. The van der Waals surface area contributed by atoms with Crippen LogP contribution in [0.25, 0.3) is 34.2 Å². The molecular formula is C30H25N3O3. The standard InChI is InChI=1S/C30H25N3O3/c34-27(22-10-13-25(14-11-22)32-16-18-35-19-17-32)15-12-24-21-33(26-7-2-1-3-8-26)31-30(24)29-20-23-6-4-5-9-28(23)36-29/h1-15,20-21H,16-19H2/b15-12+. The fourth-order valence-electron chi connectivity index (χ4n) is 4.43. The summed E-state index contributed by atoms with van der Waals surface area (Å²) in [6.45, 7) is 3.19. The fraction of sp³-hybridized carbons (Fsp3) is 0.133. The third kappa shape index (κ3) is 4.46. The van der Waals surface area contributed by atoms with Gasteiger partial charge in [-0.2, -0.15) is 5.10 Å². The van der Waals surface area contributed by atoms with E-state index in [4.69, 9.17) is 14.3 Å². The van der Waals surface area contributed by atoms with E-state index in [1.54, 1.807) is 6.08 Å². The van der Waals surface area contributed by atoms with Crippen molar-refractivity contribution in [2.45, 2.75) is 0 Å². The average Bonchev–Trinajstić information content (AvgIpc) is 3.57. The lowest BCUT2D eigenvalue weighted by molar-refractivity contribution is 0.104. The lowest BCUT2D eigenvalue weighted by Gasteiger charge is -2.28. The van der Waals surface area contributed by atoms with Gasteiger partial charge in [0.15, 0.2) is 11.5 Å². The molecule has 0 bridgehead atoms. The lowest BCUT2D eigenvalue weighted by atomic mass is 10.1. The number of nitrogens with zero attached hydrogens (tertiary/aromatic N) is 3. The fourth-order valence-corrected chi connectivity index (χ4v) is 4.43. The summed E-state index contributed by atoms with van der Waals surface area (Å²) in [5.41, 5.74) is 4.96. The number of fused-ring (bicyclic) bond motifs is 1. The van der Waals surface area contributed by atoms with Crippen LogP contribution in [-0.4, -0.2) is 41.9 Å². The van der Waals surface area contributed by atoms with E-state index in [9.17, 15) is 4.79 Å². The van der Waals surface area contributed by atoms with Gasteiger partial charge in [0, 0.05) is 41.5 Å². The molecule has 36 heavy (non-hydrogen) atoms. The number of ketones is 1. The average molecular weight is 476 g/mol. The monoisotopic (exact) mass is 475 g/mol. The summed E-state index contributed by atoms with van der Waals surface area (Å²) >= 11 is 0. The maximum atomic E-state index is 13.0. The van der Waals surface area contributed by atoms with Crippen LogP contribution in [0.1, 0.15) is 15.9 Å². The van der Waals surface area contributed by atoms with Crippen molar-refractivity contribution >= 4 is 28.5 Å². The van der Waals surface area contributed by atoms with Crippen molar-refractivity contribution < 1.29 is 13.9 Å². The second-order valence-electron chi connectivity index (χ2n) is 8.71. The molecule has 0 amide bonds. The topological polar surface area (TPSA) is 60.5 Å². The van der Waals surface area contributed by atoms with E-state index in [0.717, 1.165) is 54.2 Å². The van der Waals surface area contributed by atoms with Crippen LogP contribution in [0, 0.1) is 0 Å². The molecule has 2 aromatic heterocycles. The van der Waals surface area contributed by atoms with Gasteiger partial charge >= 0.3 is 0 Å².